The molecule has 0 amide bonds. The third-order valence-corrected chi connectivity index (χ3v) is 3.53. The SMILES string of the molecule is FC(F)(F)c1ccc(N2CCc3ccccc3C2)nc1. The lowest BCUT2D eigenvalue weighted by Crippen LogP contribution is -2.31. The van der Waals surface area contributed by atoms with Gasteiger partial charge in [-0.2, -0.15) is 13.2 Å². The van der Waals surface area contributed by atoms with Gasteiger partial charge >= 0.3 is 6.18 Å². The maximum absolute atomic E-state index is 12.5. The quantitative estimate of drug-likeness (QED) is 0.791. The molecule has 3 rings (SSSR count). The summed E-state index contributed by atoms with van der Waals surface area (Å²) in [7, 11) is 0. The summed E-state index contributed by atoms with van der Waals surface area (Å²) in [6, 6.07) is 10.6. The highest BCUT2D eigenvalue weighted by Gasteiger charge is 2.31. The number of benzene rings is 1. The summed E-state index contributed by atoms with van der Waals surface area (Å²) in [5.41, 5.74) is 1.80. The van der Waals surface area contributed by atoms with Gasteiger partial charge in [-0.25, -0.2) is 4.98 Å². The maximum Gasteiger partial charge on any atom is 0.417 e. The molecule has 2 aromatic rings. The molecule has 0 bridgehead atoms. The predicted octanol–water partition coefficient (Wildman–Crippen LogP) is 3.66. The Morgan fingerprint density at radius 3 is 2.40 bits per heavy atom. The highest BCUT2D eigenvalue weighted by molar-refractivity contribution is 5.44. The second-order valence-electron chi connectivity index (χ2n) is 4.84. The average molecular weight is 278 g/mol. The zero-order valence-corrected chi connectivity index (χ0v) is 10.7. The summed E-state index contributed by atoms with van der Waals surface area (Å²) < 4.78 is 37.5. The molecule has 0 aliphatic carbocycles. The van der Waals surface area contributed by atoms with Crippen LogP contribution in [0.5, 0.6) is 0 Å². The van der Waals surface area contributed by atoms with Gasteiger partial charge in [0.2, 0.25) is 0 Å². The molecule has 2 heterocycles. The molecule has 104 valence electrons. The monoisotopic (exact) mass is 278 g/mol. The number of anilines is 1. The molecular formula is C15H13F3N2. The number of fused-ring (bicyclic) bond motifs is 1. The molecule has 0 spiro atoms. The molecule has 1 aromatic heterocycles. The topological polar surface area (TPSA) is 16.1 Å². The normalized spacial score (nSPS) is 15.1. The van der Waals surface area contributed by atoms with Gasteiger partial charge in [0.25, 0.3) is 0 Å². The molecule has 1 aromatic carbocycles. The van der Waals surface area contributed by atoms with E-state index in [1.165, 1.54) is 17.2 Å². The Morgan fingerprint density at radius 2 is 1.75 bits per heavy atom. The molecule has 0 saturated heterocycles. The van der Waals surface area contributed by atoms with E-state index in [4.69, 9.17) is 0 Å². The number of pyridine rings is 1. The first-order chi connectivity index (χ1) is 9.54. The van der Waals surface area contributed by atoms with Crippen molar-refractivity contribution in [2.75, 3.05) is 11.4 Å². The van der Waals surface area contributed by atoms with Gasteiger partial charge in [0.15, 0.2) is 0 Å². The Morgan fingerprint density at radius 1 is 1.00 bits per heavy atom. The first-order valence-corrected chi connectivity index (χ1v) is 6.39. The van der Waals surface area contributed by atoms with Crippen LogP contribution in [-0.2, 0) is 19.1 Å². The Bertz CT molecular complexity index is 605. The van der Waals surface area contributed by atoms with Crippen molar-refractivity contribution in [1.82, 2.24) is 4.98 Å². The molecule has 1 aliphatic heterocycles. The van der Waals surface area contributed by atoms with Gasteiger partial charge in [0.05, 0.1) is 5.56 Å². The van der Waals surface area contributed by atoms with Crippen LogP contribution in [0.15, 0.2) is 42.6 Å². The third kappa shape index (κ3) is 2.48. The van der Waals surface area contributed by atoms with Crippen LogP contribution in [-0.4, -0.2) is 11.5 Å². The van der Waals surface area contributed by atoms with E-state index in [2.05, 4.69) is 11.1 Å². The van der Waals surface area contributed by atoms with Crippen LogP contribution in [0.25, 0.3) is 0 Å². The minimum atomic E-state index is -4.33. The van der Waals surface area contributed by atoms with E-state index in [1.807, 2.05) is 23.1 Å². The minimum absolute atomic E-state index is 0.590. The van der Waals surface area contributed by atoms with Crippen molar-refractivity contribution in [3.8, 4) is 0 Å². The number of hydrogen-bond donors (Lipinski definition) is 0. The van der Waals surface area contributed by atoms with Crippen molar-refractivity contribution in [2.45, 2.75) is 19.1 Å². The second kappa shape index (κ2) is 4.81. The molecule has 5 heteroatoms. The molecular weight excluding hydrogens is 265 g/mol. The average Bonchev–Trinajstić information content (AvgIpc) is 2.46. The van der Waals surface area contributed by atoms with E-state index < -0.39 is 11.7 Å². The zero-order chi connectivity index (χ0) is 14.2. The van der Waals surface area contributed by atoms with Crippen LogP contribution in [0.2, 0.25) is 0 Å². The third-order valence-electron chi connectivity index (χ3n) is 3.53. The number of nitrogens with zero attached hydrogens (tertiary/aromatic N) is 2. The Hall–Kier alpha value is -2.04. The molecule has 0 fully saturated rings. The molecule has 1 aliphatic rings. The summed E-state index contributed by atoms with van der Waals surface area (Å²) in [6.07, 6.45) is -2.55. The van der Waals surface area contributed by atoms with Crippen LogP contribution in [0.4, 0.5) is 19.0 Å². The first-order valence-electron chi connectivity index (χ1n) is 6.39. The van der Waals surface area contributed by atoms with Crippen LogP contribution in [0.3, 0.4) is 0 Å². The van der Waals surface area contributed by atoms with Gasteiger partial charge in [-0.1, -0.05) is 24.3 Å². The summed E-state index contributed by atoms with van der Waals surface area (Å²) in [6.45, 7) is 1.46. The lowest BCUT2D eigenvalue weighted by molar-refractivity contribution is -0.137. The van der Waals surface area contributed by atoms with Crippen molar-refractivity contribution < 1.29 is 13.2 Å². The predicted molar refractivity (Wildman–Crippen MR) is 70.4 cm³/mol. The fourth-order valence-corrected chi connectivity index (χ4v) is 2.43. The fourth-order valence-electron chi connectivity index (χ4n) is 2.43. The van der Waals surface area contributed by atoms with E-state index in [1.54, 1.807) is 0 Å². The summed E-state index contributed by atoms with van der Waals surface area (Å²) in [5, 5.41) is 0. The molecule has 0 saturated carbocycles. The minimum Gasteiger partial charge on any atom is -0.352 e. The van der Waals surface area contributed by atoms with Crippen molar-refractivity contribution >= 4 is 5.82 Å². The van der Waals surface area contributed by atoms with Gasteiger partial charge in [0.1, 0.15) is 5.82 Å². The van der Waals surface area contributed by atoms with Crippen LogP contribution in [0.1, 0.15) is 16.7 Å². The summed E-state index contributed by atoms with van der Waals surface area (Å²) in [4.78, 5) is 5.95. The number of hydrogen-bond acceptors (Lipinski definition) is 2. The zero-order valence-electron chi connectivity index (χ0n) is 10.7. The van der Waals surface area contributed by atoms with Gasteiger partial charge < -0.3 is 4.90 Å². The lowest BCUT2D eigenvalue weighted by Gasteiger charge is -2.29. The number of aromatic nitrogens is 1. The van der Waals surface area contributed by atoms with E-state index in [-0.39, 0.29) is 0 Å². The summed E-state index contributed by atoms with van der Waals surface area (Å²) in [5.74, 6) is 0.590. The Kier molecular flexibility index (Phi) is 3.12. The van der Waals surface area contributed by atoms with Gasteiger partial charge in [-0.3, -0.25) is 0 Å². The summed E-state index contributed by atoms with van der Waals surface area (Å²) >= 11 is 0. The molecule has 2 nitrogen and oxygen atoms in total. The van der Waals surface area contributed by atoms with Crippen LogP contribution < -0.4 is 4.90 Å². The first kappa shape index (κ1) is 13.0. The number of halogens is 3. The van der Waals surface area contributed by atoms with E-state index >= 15 is 0 Å². The van der Waals surface area contributed by atoms with E-state index in [0.717, 1.165) is 25.2 Å². The van der Waals surface area contributed by atoms with Crippen LogP contribution in [0, 0.1) is 0 Å². The standard InChI is InChI=1S/C15H13F3N2/c16-15(17,18)13-5-6-14(19-9-13)20-8-7-11-3-1-2-4-12(11)10-20/h1-6,9H,7-8,10H2. The Balaban J connectivity index is 1.81. The molecule has 0 atom stereocenters. The molecule has 20 heavy (non-hydrogen) atoms. The molecule has 0 N–H and O–H groups in total. The van der Waals surface area contributed by atoms with Crippen molar-refractivity contribution in [3.05, 3.63) is 59.3 Å². The Labute approximate surface area is 114 Å². The lowest BCUT2D eigenvalue weighted by atomic mass is 10.00. The number of rotatable bonds is 1. The van der Waals surface area contributed by atoms with Gasteiger partial charge in [-0.05, 0) is 29.7 Å². The second-order valence-corrected chi connectivity index (χ2v) is 4.84. The smallest absolute Gasteiger partial charge is 0.352 e. The van der Waals surface area contributed by atoms with Gasteiger partial charge in [0, 0.05) is 19.3 Å². The molecule has 0 unspecified atom stereocenters. The van der Waals surface area contributed by atoms with Crippen LogP contribution >= 0.6 is 0 Å². The van der Waals surface area contributed by atoms with Crippen molar-refractivity contribution in [1.29, 1.82) is 0 Å². The van der Waals surface area contributed by atoms with E-state index in [0.29, 0.717) is 12.4 Å². The number of alkyl halides is 3. The van der Waals surface area contributed by atoms with Crippen molar-refractivity contribution in [2.24, 2.45) is 0 Å². The molecule has 0 radical (unpaired) electrons. The maximum atomic E-state index is 12.5. The van der Waals surface area contributed by atoms with E-state index in [9.17, 15) is 13.2 Å². The van der Waals surface area contributed by atoms with Crippen molar-refractivity contribution in [3.63, 3.8) is 0 Å². The highest BCUT2D eigenvalue weighted by atomic mass is 19.4. The highest BCUT2D eigenvalue weighted by Crippen LogP contribution is 2.30. The fraction of sp³-hybridized carbons (Fsp3) is 0.267. The van der Waals surface area contributed by atoms with Gasteiger partial charge in [-0.15, -0.1) is 0 Å². The largest absolute Gasteiger partial charge is 0.417 e.